The van der Waals surface area contributed by atoms with Crippen LogP contribution in [0.1, 0.15) is 5.56 Å². The molecule has 1 aliphatic heterocycles. The lowest BCUT2D eigenvalue weighted by Gasteiger charge is -2.13. The number of hydrogen-bond acceptors (Lipinski definition) is 1. The van der Waals surface area contributed by atoms with E-state index < -0.39 is 0 Å². The summed E-state index contributed by atoms with van der Waals surface area (Å²) in [5, 5.41) is 2.48. The van der Waals surface area contributed by atoms with Crippen molar-refractivity contribution in [2.75, 3.05) is 6.61 Å². The molecule has 1 aliphatic rings. The molecular weight excluding hydrogens is 172 g/mol. The predicted molar refractivity (Wildman–Crippen MR) is 57.2 cm³/mol. The van der Waals surface area contributed by atoms with Gasteiger partial charge in [0.15, 0.2) is 0 Å². The highest BCUT2D eigenvalue weighted by Gasteiger charge is 2.08. The van der Waals surface area contributed by atoms with E-state index in [1.807, 2.05) is 24.3 Å². The Morgan fingerprint density at radius 2 is 2.00 bits per heavy atom. The topological polar surface area (TPSA) is 9.23 Å². The zero-order chi connectivity index (χ0) is 9.38. The third-order valence-corrected chi connectivity index (χ3v) is 2.49. The fraction of sp³-hybridized carbons (Fsp3) is 0.0769. The fourth-order valence-corrected chi connectivity index (χ4v) is 1.81. The van der Waals surface area contributed by atoms with Crippen molar-refractivity contribution < 1.29 is 4.74 Å². The Bertz CT molecular complexity index is 512. The second kappa shape index (κ2) is 2.88. The Balaban J connectivity index is 2.42. The van der Waals surface area contributed by atoms with Crippen LogP contribution in [-0.2, 0) is 0 Å². The SMILES string of the molecule is [C]1=Cc2c(ccc3ccccc23)OC1. The Kier molecular flexibility index (Phi) is 1.57. The lowest BCUT2D eigenvalue weighted by Crippen LogP contribution is -2.00. The van der Waals surface area contributed by atoms with Crippen molar-refractivity contribution in [1.82, 2.24) is 0 Å². The molecule has 0 unspecified atom stereocenters. The smallest absolute Gasteiger partial charge is 0.127 e. The van der Waals surface area contributed by atoms with Crippen molar-refractivity contribution in [2.45, 2.75) is 0 Å². The number of fused-ring (bicyclic) bond motifs is 3. The maximum absolute atomic E-state index is 5.49. The Morgan fingerprint density at radius 3 is 3.00 bits per heavy atom. The van der Waals surface area contributed by atoms with Gasteiger partial charge in [0, 0.05) is 5.56 Å². The molecule has 1 nitrogen and oxygen atoms in total. The van der Waals surface area contributed by atoms with E-state index in [9.17, 15) is 0 Å². The molecule has 67 valence electrons. The van der Waals surface area contributed by atoms with Crippen molar-refractivity contribution in [2.24, 2.45) is 0 Å². The maximum Gasteiger partial charge on any atom is 0.127 e. The third-order valence-electron chi connectivity index (χ3n) is 2.49. The Labute approximate surface area is 82.6 Å². The van der Waals surface area contributed by atoms with Gasteiger partial charge in [-0.25, -0.2) is 0 Å². The van der Waals surface area contributed by atoms with Gasteiger partial charge in [0.05, 0.1) is 0 Å². The molecule has 0 aliphatic carbocycles. The van der Waals surface area contributed by atoms with Crippen LogP contribution < -0.4 is 4.74 Å². The van der Waals surface area contributed by atoms with Crippen LogP contribution in [0.3, 0.4) is 0 Å². The van der Waals surface area contributed by atoms with E-state index in [4.69, 9.17) is 4.74 Å². The Morgan fingerprint density at radius 1 is 1.07 bits per heavy atom. The van der Waals surface area contributed by atoms with Crippen LogP contribution in [0.2, 0.25) is 0 Å². The van der Waals surface area contributed by atoms with Gasteiger partial charge < -0.3 is 4.74 Å². The zero-order valence-corrected chi connectivity index (χ0v) is 7.66. The summed E-state index contributed by atoms with van der Waals surface area (Å²) >= 11 is 0. The molecule has 0 N–H and O–H groups in total. The van der Waals surface area contributed by atoms with Crippen molar-refractivity contribution in [3.05, 3.63) is 48.0 Å². The van der Waals surface area contributed by atoms with Crippen LogP contribution in [-0.4, -0.2) is 6.61 Å². The average Bonchev–Trinajstić information content (AvgIpc) is 2.29. The standard InChI is InChI=1S/C13H9O/c1-2-5-11-10(4-1)7-8-13-12(11)6-3-9-14-13/h1-2,4-8H,9H2. The van der Waals surface area contributed by atoms with E-state index in [-0.39, 0.29) is 0 Å². The Hall–Kier alpha value is -1.76. The lowest BCUT2D eigenvalue weighted by atomic mass is 10.0. The molecule has 0 saturated carbocycles. The van der Waals surface area contributed by atoms with E-state index in [0.717, 1.165) is 11.3 Å². The summed E-state index contributed by atoms with van der Waals surface area (Å²) < 4.78 is 5.49. The van der Waals surface area contributed by atoms with Gasteiger partial charge in [-0.15, -0.1) is 0 Å². The molecule has 3 rings (SSSR count). The van der Waals surface area contributed by atoms with Crippen molar-refractivity contribution in [3.8, 4) is 5.75 Å². The third kappa shape index (κ3) is 1.02. The molecule has 0 fully saturated rings. The molecule has 2 aromatic rings. The monoisotopic (exact) mass is 181 g/mol. The molecule has 1 heterocycles. The summed E-state index contributed by atoms with van der Waals surface area (Å²) in [6.07, 6.45) is 5.10. The van der Waals surface area contributed by atoms with Gasteiger partial charge in [-0.2, -0.15) is 0 Å². The number of ether oxygens (including phenoxy) is 1. The molecule has 14 heavy (non-hydrogen) atoms. The number of benzene rings is 2. The zero-order valence-electron chi connectivity index (χ0n) is 7.66. The maximum atomic E-state index is 5.49. The van der Waals surface area contributed by atoms with Gasteiger partial charge in [-0.05, 0) is 29.0 Å². The first kappa shape index (κ1) is 7.63. The van der Waals surface area contributed by atoms with Gasteiger partial charge in [0.25, 0.3) is 0 Å². The summed E-state index contributed by atoms with van der Waals surface area (Å²) in [6.45, 7) is 0.561. The minimum Gasteiger partial charge on any atom is -0.488 e. The van der Waals surface area contributed by atoms with Crippen LogP contribution in [0.15, 0.2) is 36.4 Å². The minimum atomic E-state index is 0.561. The second-order valence-corrected chi connectivity index (χ2v) is 3.34. The highest BCUT2D eigenvalue weighted by molar-refractivity contribution is 5.93. The summed E-state index contributed by atoms with van der Waals surface area (Å²) in [6, 6.07) is 12.4. The highest BCUT2D eigenvalue weighted by Crippen LogP contribution is 2.30. The average molecular weight is 181 g/mol. The molecular formula is C13H9O. The summed E-state index contributed by atoms with van der Waals surface area (Å²) in [7, 11) is 0. The van der Waals surface area contributed by atoms with Gasteiger partial charge in [0.2, 0.25) is 0 Å². The molecule has 0 amide bonds. The molecule has 0 spiro atoms. The first-order valence-electron chi connectivity index (χ1n) is 4.66. The van der Waals surface area contributed by atoms with Crippen molar-refractivity contribution in [3.63, 3.8) is 0 Å². The van der Waals surface area contributed by atoms with Crippen LogP contribution >= 0.6 is 0 Å². The van der Waals surface area contributed by atoms with Crippen LogP contribution in [0.4, 0.5) is 0 Å². The largest absolute Gasteiger partial charge is 0.488 e. The molecule has 0 bridgehead atoms. The van der Waals surface area contributed by atoms with Crippen LogP contribution in [0.25, 0.3) is 16.8 Å². The second-order valence-electron chi connectivity index (χ2n) is 3.34. The molecule has 0 aromatic heterocycles. The minimum absolute atomic E-state index is 0.561. The normalized spacial score (nSPS) is 13.7. The first-order valence-corrected chi connectivity index (χ1v) is 4.66. The number of hydrogen-bond donors (Lipinski definition) is 0. The molecule has 0 saturated heterocycles. The quantitative estimate of drug-likeness (QED) is 0.607. The summed E-state index contributed by atoms with van der Waals surface area (Å²) in [5.41, 5.74) is 1.15. The fourth-order valence-electron chi connectivity index (χ4n) is 1.81. The summed E-state index contributed by atoms with van der Waals surface area (Å²) in [4.78, 5) is 0. The molecule has 0 atom stereocenters. The highest BCUT2D eigenvalue weighted by atomic mass is 16.5. The van der Waals surface area contributed by atoms with Gasteiger partial charge in [-0.3, -0.25) is 0 Å². The predicted octanol–water partition coefficient (Wildman–Crippen LogP) is 3.05. The van der Waals surface area contributed by atoms with Crippen LogP contribution in [0.5, 0.6) is 5.75 Å². The first-order chi connectivity index (χ1) is 6.95. The van der Waals surface area contributed by atoms with E-state index in [1.165, 1.54) is 10.8 Å². The van der Waals surface area contributed by atoms with E-state index in [2.05, 4.69) is 24.3 Å². The van der Waals surface area contributed by atoms with Crippen molar-refractivity contribution >= 4 is 16.8 Å². The van der Waals surface area contributed by atoms with E-state index in [0.29, 0.717) is 6.61 Å². The molecule has 1 heteroatoms. The lowest BCUT2D eigenvalue weighted by molar-refractivity contribution is 0.353. The van der Waals surface area contributed by atoms with Gasteiger partial charge >= 0.3 is 0 Å². The van der Waals surface area contributed by atoms with Crippen molar-refractivity contribution in [1.29, 1.82) is 0 Å². The van der Waals surface area contributed by atoms with Crippen LogP contribution in [0, 0.1) is 6.08 Å². The van der Waals surface area contributed by atoms with E-state index in [1.54, 1.807) is 0 Å². The molecule has 2 aromatic carbocycles. The van der Waals surface area contributed by atoms with Gasteiger partial charge in [-0.1, -0.05) is 30.3 Å². The van der Waals surface area contributed by atoms with E-state index >= 15 is 0 Å². The van der Waals surface area contributed by atoms with Gasteiger partial charge in [0.1, 0.15) is 12.4 Å². The number of rotatable bonds is 0. The molecule has 1 radical (unpaired) electrons. The summed E-state index contributed by atoms with van der Waals surface area (Å²) in [5.74, 6) is 0.961.